The van der Waals surface area contributed by atoms with Crippen LogP contribution in [0.2, 0.25) is 0 Å². The summed E-state index contributed by atoms with van der Waals surface area (Å²) in [7, 11) is 0. The Morgan fingerprint density at radius 1 is 0.922 bits per heavy atom. The molecule has 4 aromatic carbocycles. The van der Waals surface area contributed by atoms with E-state index in [-0.39, 0.29) is 23.4 Å². The van der Waals surface area contributed by atoms with Gasteiger partial charge in [-0.3, -0.25) is 9.59 Å². The lowest BCUT2D eigenvalue weighted by Gasteiger charge is -2.30. The van der Waals surface area contributed by atoms with Crippen LogP contribution in [0, 0.1) is 24.5 Å². The van der Waals surface area contributed by atoms with Crippen LogP contribution in [0.4, 0.5) is 25.8 Å². The smallest absolute Gasteiger partial charge is 0.316 e. The van der Waals surface area contributed by atoms with Crippen LogP contribution in [0.5, 0.6) is 0 Å². The molecule has 0 bridgehead atoms. The Morgan fingerprint density at radius 3 is 2.29 bits per heavy atom. The first kappa shape index (κ1) is 35.7. The average Bonchev–Trinajstić information content (AvgIpc) is 3.41. The second kappa shape index (κ2) is 15.0. The van der Waals surface area contributed by atoms with Crippen molar-refractivity contribution in [1.29, 1.82) is 0 Å². The van der Waals surface area contributed by atoms with E-state index in [1.165, 1.54) is 48.1 Å². The fourth-order valence-electron chi connectivity index (χ4n) is 6.92. The number of esters is 1. The highest BCUT2D eigenvalue weighted by Crippen LogP contribution is 2.49. The first-order chi connectivity index (χ1) is 24.5. The Labute approximate surface area is 297 Å². The molecule has 7 rings (SSSR count). The summed E-state index contributed by atoms with van der Waals surface area (Å²) in [5, 5.41) is 1.09. The number of Topliss-reactive ketones (excluding diaryl/α,β-unsaturated/α-hetero) is 1. The summed E-state index contributed by atoms with van der Waals surface area (Å²) in [6, 6.07) is 27.6. The molecule has 2 aliphatic rings. The number of halogens is 2. The lowest BCUT2D eigenvalue weighted by molar-refractivity contribution is -0.145. The molecule has 1 unspecified atom stereocenters. The van der Waals surface area contributed by atoms with Crippen LogP contribution in [0.3, 0.4) is 0 Å². The molecule has 0 amide bonds. The fraction of sp³-hybridized carbons (Fsp3) is 0.310. The molecule has 264 valence electrons. The van der Waals surface area contributed by atoms with Gasteiger partial charge in [0.05, 0.1) is 42.3 Å². The predicted octanol–water partition coefficient (Wildman–Crippen LogP) is 8.82. The van der Waals surface area contributed by atoms with Crippen molar-refractivity contribution in [3.05, 3.63) is 119 Å². The number of ketones is 1. The molecule has 51 heavy (non-hydrogen) atoms. The number of hydrogen-bond acceptors (Lipinski definition) is 7. The summed E-state index contributed by atoms with van der Waals surface area (Å²) < 4.78 is 38.5. The van der Waals surface area contributed by atoms with Gasteiger partial charge in [-0.1, -0.05) is 62.4 Å². The minimum atomic E-state index is -0.975. The highest BCUT2D eigenvalue weighted by Gasteiger charge is 2.38. The van der Waals surface area contributed by atoms with Crippen LogP contribution in [-0.4, -0.2) is 56.2 Å². The van der Waals surface area contributed by atoms with Crippen molar-refractivity contribution in [2.24, 2.45) is 5.92 Å². The van der Waals surface area contributed by atoms with E-state index in [9.17, 15) is 18.4 Å². The summed E-state index contributed by atoms with van der Waals surface area (Å²) in [6.07, 6.45) is 0. The van der Waals surface area contributed by atoms with Gasteiger partial charge >= 0.3 is 5.97 Å². The minimum Gasteiger partial charge on any atom is -0.465 e. The van der Waals surface area contributed by atoms with Crippen molar-refractivity contribution in [2.75, 3.05) is 49.3 Å². The lowest BCUT2D eigenvalue weighted by Crippen LogP contribution is -2.36. The zero-order chi connectivity index (χ0) is 36.3. The third-order valence-electron chi connectivity index (χ3n) is 9.60. The molecule has 9 heteroatoms. The van der Waals surface area contributed by atoms with Crippen molar-refractivity contribution >= 4 is 39.7 Å². The number of morpholine rings is 1. The number of para-hydroxylation sites is 1. The lowest BCUT2D eigenvalue weighted by atomic mass is 9.87. The molecule has 1 aromatic heterocycles. The molecular weight excluding hydrogens is 648 g/mol. The third kappa shape index (κ3) is 7.21. The number of carbonyl (C=O) groups excluding carboxylic acids is 2. The van der Waals surface area contributed by atoms with Crippen molar-refractivity contribution in [3.63, 3.8) is 0 Å². The Balaban J connectivity index is 0.000000237. The molecule has 0 spiro atoms. The van der Waals surface area contributed by atoms with E-state index >= 15 is 0 Å². The largest absolute Gasteiger partial charge is 0.465 e. The van der Waals surface area contributed by atoms with Gasteiger partial charge in [0.1, 0.15) is 17.6 Å². The van der Waals surface area contributed by atoms with E-state index in [0.717, 1.165) is 55.0 Å². The number of benzene rings is 4. The summed E-state index contributed by atoms with van der Waals surface area (Å²) in [4.78, 5) is 32.8. The molecule has 7 nitrogen and oxygen atoms in total. The van der Waals surface area contributed by atoms with Crippen molar-refractivity contribution in [1.82, 2.24) is 4.98 Å². The Hall–Kier alpha value is -5.15. The normalized spacial score (nSPS) is 15.5. The molecule has 1 atom stereocenters. The summed E-state index contributed by atoms with van der Waals surface area (Å²) >= 11 is 0. The number of pyridine rings is 1. The number of rotatable bonds is 7. The van der Waals surface area contributed by atoms with Crippen LogP contribution in [0.25, 0.3) is 22.2 Å². The van der Waals surface area contributed by atoms with E-state index in [1.54, 1.807) is 19.1 Å². The summed E-state index contributed by atoms with van der Waals surface area (Å²) in [5.74, 6) is -3.03. The van der Waals surface area contributed by atoms with Crippen molar-refractivity contribution < 1.29 is 27.8 Å². The molecule has 0 aliphatic carbocycles. The van der Waals surface area contributed by atoms with Crippen LogP contribution in [-0.2, 0) is 19.7 Å². The zero-order valence-corrected chi connectivity index (χ0v) is 29.7. The first-order valence-corrected chi connectivity index (χ1v) is 17.4. The van der Waals surface area contributed by atoms with Crippen LogP contribution in [0.1, 0.15) is 49.2 Å². The molecule has 1 fully saturated rings. The topological polar surface area (TPSA) is 72.0 Å². The SMILES string of the molecule is CCOC(=O)C(C)C(=O)c1ccccc1F.Cc1c(-c2ccccc2F)nc2ccccc2c1N1CC(C)(C)c2ccc(N3CCOCC3)cc21. The van der Waals surface area contributed by atoms with Gasteiger partial charge in [0.25, 0.3) is 0 Å². The summed E-state index contributed by atoms with van der Waals surface area (Å²) in [6.45, 7) is 14.1. The Kier molecular flexibility index (Phi) is 10.5. The molecule has 2 aliphatic heterocycles. The molecule has 0 N–H and O–H groups in total. The maximum absolute atomic E-state index is 14.9. The van der Waals surface area contributed by atoms with Crippen molar-refractivity contribution in [2.45, 2.75) is 40.0 Å². The monoisotopic (exact) mass is 691 g/mol. The van der Waals surface area contributed by atoms with Gasteiger partial charge in [-0.15, -0.1) is 0 Å². The van der Waals surface area contributed by atoms with Crippen LogP contribution < -0.4 is 9.80 Å². The van der Waals surface area contributed by atoms with E-state index in [0.29, 0.717) is 11.3 Å². The van der Waals surface area contributed by atoms with Crippen LogP contribution >= 0.6 is 0 Å². The second-order valence-electron chi connectivity index (χ2n) is 13.5. The quantitative estimate of drug-likeness (QED) is 0.0960. The molecule has 1 saturated heterocycles. The molecule has 5 aromatic rings. The Morgan fingerprint density at radius 2 is 1.59 bits per heavy atom. The van der Waals surface area contributed by atoms with E-state index in [1.807, 2.05) is 24.3 Å². The van der Waals surface area contributed by atoms with Gasteiger partial charge in [0.15, 0.2) is 5.78 Å². The fourth-order valence-corrected chi connectivity index (χ4v) is 6.92. The number of aromatic nitrogens is 1. The third-order valence-corrected chi connectivity index (χ3v) is 9.60. The first-order valence-electron chi connectivity index (χ1n) is 17.4. The second-order valence-corrected chi connectivity index (χ2v) is 13.5. The van der Waals surface area contributed by atoms with Gasteiger partial charge in [-0.25, -0.2) is 13.8 Å². The zero-order valence-electron chi connectivity index (χ0n) is 29.7. The molecular formula is C42H43F2N3O4. The molecule has 0 saturated carbocycles. The van der Waals surface area contributed by atoms with E-state index in [4.69, 9.17) is 14.5 Å². The number of nitrogens with zero attached hydrogens (tertiary/aromatic N) is 3. The number of anilines is 3. The van der Waals surface area contributed by atoms with E-state index in [2.05, 4.69) is 60.9 Å². The van der Waals surface area contributed by atoms with Crippen LogP contribution in [0.15, 0.2) is 91.0 Å². The highest BCUT2D eigenvalue weighted by atomic mass is 19.1. The van der Waals surface area contributed by atoms with Gasteiger partial charge in [0.2, 0.25) is 0 Å². The van der Waals surface area contributed by atoms with E-state index < -0.39 is 23.5 Å². The maximum Gasteiger partial charge on any atom is 0.316 e. The minimum absolute atomic E-state index is 0.0200. The number of ether oxygens (including phenoxy) is 2. The number of hydrogen-bond donors (Lipinski definition) is 0. The van der Waals surface area contributed by atoms with Crippen molar-refractivity contribution in [3.8, 4) is 11.3 Å². The number of carbonyl (C=O) groups is 2. The maximum atomic E-state index is 14.9. The van der Waals surface area contributed by atoms with Gasteiger partial charge < -0.3 is 19.3 Å². The standard InChI is InChI=1S/C30H30FN3O.C12H13FO3/c1-20-28(22-8-4-6-10-25(22)31)32-26-11-7-5-9-23(26)29(20)34-19-30(2,3)24-13-12-21(18-27(24)34)33-14-16-35-17-15-33;1-3-16-12(15)8(2)11(14)9-6-4-5-7-10(9)13/h4-13,18H,14-17,19H2,1-3H3;4-8H,3H2,1-2H3. The number of fused-ring (bicyclic) bond motifs is 2. The van der Waals surface area contributed by atoms with Gasteiger partial charge in [0, 0.05) is 47.4 Å². The van der Waals surface area contributed by atoms with Gasteiger partial charge in [-0.2, -0.15) is 0 Å². The highest BCUT2D eigenvalue weighted by molar-refractivity contribution is 6.08. The molecule has 3 heterocycles. The average molecular weight is 692 g/mol. The molecule has 0 radical (unpaired) electrons. The Bertz CT molecular complexity index is 2080. The summed E-state index contributed by atoms with van der Waals surface area (Å²) in [5.41, 5.74) is 7.90. The predicted molar refractivity (Wildman–Crippen MR) is 198 cm³/mol. The van der Waals surface area contributed by atoms with Gasteiger partial charge in [-0.05, 0) is 74.4 Å².